The molecule has 1 aliphatic heterocycles. The molecule has 210 valence electrons. The van der Waals surface area contributed by atoms with Crippen LogP contribution in [0.15, 0.2) is 18.2 Å². The number of hydrogen-bond donors (Lipinski definition) is 0. The highest BCUT2D eigenvalue weighted by molar-refractivity contribution is 6.03. The highest BCUT2D eigenvalue weighted by Gasteiger charge is 2.40. The van der Waals surface area contributed by atoms with E-state index in [2.05, 4.69) is 0 Å². The minimum atomic E-state index is -1.06. The zero-order chi connectivity index (χ0) is 29.4. The number of hydrogen-bond acceptors (Lipinski definition) is 9. The Labute approximate surface area is 227 Å². The van der Waals surface area contributed by atoms with E-state index >= 15 is 0 Å². The van der Waals surface area contributed by atoms with Crippen molar-refractivity contribution in [2.45, 2.75) is 73.0 Å². The van der Waals surface area contributed by atoms with E-state index in [0.717, 1.165) is 4.90 Å². The van der Waals surface area contributed by atoms with Gasteiger partial charge in [0.1, 0.15) is 40.7 Å². The van der Waals surface area contributed by atoms with E-state index in [1.807, 2.05) is 0 Å². The number of esters is 1. The van der Waals surface area contributed by atoms with E-state index in [-0.39, 0.29) is 35.9 Å². The molecular weight excluding hydrogens is 508 g/mol. The van der Waals surface area contributed by atoms with Gasteiger partial charge in [-0.2, -0.15) is 0 Å². The van der Waals surface area contributed by atoms with Crippen LogP contribution in [0.1, 0.15) is 68.1 Å². The predicted octanol–water partition coefficient (Wildman–Crippen LogP) is 5.62. The summed E-state index contributed by atoms with van der Waals surface area (Å²) in [5, 5.41) is 11.6. The first-order valence-corrected chi connectivity index (χ1v) is 12.4. The second-order valence-corrected chi connectivity index (χ2v) is 10.9. The van der Waals surface area contributed by atoms with E-state index in [1.165, 1.54) is 32.2 Å². The van der Waals surface area contributed by atoms with E-state index in [9.17, 15) is 24.5 Å². The van der Waals surface area contributed by atoms with Crippen LogP contribution >= 0.6 is 0 Å². The molecule has 2 aromatic rings. The quantitative estimate of drug-likeness (QED) is 0.197. The number of nitro benzene ring substituents is 1. The average molecular weight is 543 g/mol. The lowest BCUT2D eigenvalue weighted by molar-refractivity contribution is -0.384. The summed E-state index contributed by atoms with van der Waals surface area (Å²) in [5.74, 6) is 0.317. The van der Waals surface area contributed by atoms with Crippen LogP contribution < -0.4 is 19.1 Å². The Morgan fingerprint density at radius 1 is 1.15 bits per heavy atom. The summed E-state index contributed by atoms with van der Waals surface area (Å²) in [4.78, 5) is 49.5. The molecule has 0 fully saturated rings. The molecule has 0 saturated heterocycles. The highest BCUT2D eigenvalue weighted by Crippen LogP contribution is 2.44. The average Bonchev–Trinajstić information content (AvgIpc) is 2.81. The molecule has 0 spiro atoms. The summed E-state index contributed by atoms with van der Waals surface area (Å²) in [6.07, 6.45) is -0.776. The van der Waals surface area contributed by atoms with Gasteiger partial charge in [-0.3, -0.25) is 24.6 Å². The predicted molar refractivity (Wildman–Crippen MR) is 143 cm³/mol. The van der Waals surface area contributed by atoms with E-state index in [0.29, 0.717) is 33.8 Å². The van der Waals surface area contributed by atoms with Gasteiger partial charge in [-0.25, -0.2) is 4.79 Å². The zero-order valence-electron chi connectivity index (χ0n) is 23.7. The molecule has 39 heavy (non-hydrogen) atoms. The van der Waals surface area contributed by atoms with Gasteiger partial charge in [0, 0.05) is 31.7 Å². The van der Waals surface area contributed by atoms with Gasteiger partial charge in [-0.15, -0.1) is 0 Å². The molecule has 0 N–H and O–H groups in total. The van der Waals surface area contributed by atoms with Crippen molar-refractivity contribution in [3.8, 4) is 17.2 Å². The van der Waals surface area contributed by atoms with Gasteiger partial charge in [0.2, 0.25) is 0 Å². The monoisotopic (exact) mass is 542 g/mol. The Kier molecular flexibility index (Phi) is 7.95. The lowest BCUT2D eigenvalue weighted by atomic mass is 9.86. The van der Waals surface area contributed by atoms with E-state index < -0.39 is 28.2 Å². The van der Waals surface area contributed by atoms with Crippen molar-refractivity contribution in [1.29, 1.82) is 0 Å². The second-order valence-electron chi connectivity index (χ2n) is 10.9. The first-order valence-electron chi connectivity index (χ1n) is 12.4. The fourth-order valence-corrected chi connectivity index (χ4v) is 4.33. The fraction of sp³-hybridized carbons (Fsp3) is 0.464. The molecule has 11 nitrogen and oxygen atoms in total. The Morgan fingerprint density at radius 2 is 1.79 bits per heavy atom. The minimum absolute atomic E-state index is 0.0111. The van der Waals surface area contributed by atoms with Gasteiger partial charge in [-0.1, -0.05) is 0 Å². The number of fused-ring (bicyclic) bond motifs is 1. The number of nitrogens with zero attached hydrogens (tertiary/aromatic N) is 2. The molecule has 1 amide bonds. The van der Waals surface area contributed by atoms with Gasteiger partial charge in [-0.05, 0) is 65.7 Å². The van der Waals surface area contributed by atoms with E-state index in [4.69, 9.17) is 18.9 Å². The maximum absolute atomic E-state index is 13.3. The summed E-state index contributed by atoms with van der Waals surface area (Å²) in [7, 11) is 1.37. The highest BCUT2D eigenvalue weighted by atomic mass is 16.6. The van der Waals surface area contributed by atoms with Crippen LogP contribution in [-0.4, -0.2) is 47.6 Å². The number of carbonyl (C=O) groups excluding carboxylic acids is 3. The number of ketones is 1. The number of ether oxygens (including phenoxy) is 4. The normalized spacial score (nSPS) is 16.6. The topological polar surface area (TPSA) is 135 Å². The minimum Gasteiger partial charge on any atom is -0.489 e. The molecular formula is C28H34N2O9. The van der Waals surface area contributed by atoms with Gasteiger partial charge < -0.3 is 18.9 Å². The van der Waals surface area contributed by atoms with Crippen LogP contribution in [0.25, 0.3) is 0 Å². The Hall–Kier alpha value is -4.15. The van der Waals surface area contributed by atoms with Crippen LogP contribution in [0.2, 0.25) is 0 Å². The number of carbonyl (C=O) groups is 3. The number of nitro groups is 1. The molecule has 11 heteroatoms. The number of anilines is 1. The molecule has 1 unspecified atom stereocenters. The Bertz CT molecular complexity index is 1360. The maximum atomic E-state index is 13.3. The second kappa shape index (κ2) is 10.5. The zero-order valence-corrected chi connectivity index (χ0v) is 23.7. The molecule has 2 aromatic carbocycles. The first-order chi connectivity index (χ1) is 17.9. The summed E-state index contributed by atoms with van der Waals surface area (Å²) in [6.45, 7) is 13.3. The molecule has 1 aliphatic rings. The van der Waals surface area contributed by atoms with Crippen molar-refractivity contribution in [2.75, 3.05) is 18.6 Å². The Balaban J connectivity index is 1.89. The summed E-state index contributed by atoms with van der Waals surface area (Å²) < 4.78 is 23.0. The molecule has 0 aliphatic carbocycles. The van der Waals surface area contributed by atoms with Gasteiger partial charge in [0.25, 0.3) is 5.69 Å². The number of Topliss-reactive ketones (excluding diaryl/α,β-unsaturated/α-hetero) is 1. The molecule has 0 aromatic heterocycles. The lowest BCUT2D eigenvalue weighted by Crippen LogP contribution is -2.45. The van der Waals surface area contributed by atoms with Gasteiger partial charge >= 0.3 is 12.1 Å². The molecule has 1 heterocycles. The molecule has 3 rings (SSSR count). The fourth-order valence-electron chi connectivity index (χ4n) is 4.33. The van der Waals surface area contributed by atoms with Crippen molar-refractivity contribution >= 4 is 29.2 Å². The van der Waals surface area contributed by atoms with Gasteiger partial charge in [0.05, 0.1) is 16.9 Å². The lowest BCUT2D eigenvalue weighted by Gasteiger charge is -2.37. The molecule has 0 radical (unpaired) electrons. The third-order valence-corrected chi connectivity index (χ3v) is 6.31. The largest absolute Gasteiger partial charge is 0.489 e. The van der Waals surface area contributed by atoms with Crippen molar-refractivity contribution in [3.05, 3.63) is 50.6 Å². The summed E-state index contributed by atoms with van der Waals surface area (Å²) >= 11 is 0. The third kappa shape index (κ3) is 6.30. The van der Waals surface area contributed by atoms with Crippen molar-refractivity contribution in [2.24, 2.45) is 0 Å². The molecule has 0 bridgehead atoms. The molecule has 0 saturated carbocycles. The number of benzene rings is 2. The van der Waals surface area contributed by atoms with Crippen LogP contribution in [0, 0.1) is 30.9 Å². The Morgan fingerprint density at radius 3 is 2.36 bits per heavy atom. The number of rotatable bonds is 6. The molecule has 1 atom stereocenters. The van der Waals surface area contributed by atoms with Crippen molar-refractivity contribution < 1.29 is 38.3 Å². The first kappa shape index (κ1) is 29.4. The summed E-state index contributed by atoms with van der Waals surface area (Å²) in [6, 6.07) is 4.02. The van der Waals surface area contributed by atoms with Gasteiger partial charge in [0.15, 0.2) is 5.78 Å². The van der Waals surface area contributed by atoms with Crippen LogP contribution in [0.4, 0.5) is 16.2 Å². The van der Waals surface area contributed by atoms with Crippen LogP contribution in [0.3, 0.4) is 0 Å². The van der Waals surface area contributed by atoms with Crippen LogP contribution in [-0.2, 0) is 9.53 Å². The third-order valence-electron chi connectivity index (χ3n) is 6.31. The van der Waals surface area contributed by atoms with Crippen LogP contribution in [0.5, 0.6) is 17.2 Å². The SMILES string of the molecule is CC(=O)Oc1c(C)c(C)c2c(c1C)C(=O)CC(C)(COc1ccc([N+](=O)[O-])c(N(C)C(=O)OC(C)(C)C)c1)O2. The smallest absolute Gasteiger partial charge is 0.414 e. The standard InChI is InChI=1S/C28H34N2O9/c1-15-16(2)25-23(17(3)24(15)37-18(4)31)22(32)13-28(8,38-25)14-36-19-10-11-20(30(34)35)21(12-19)29(9)26(33)39-27(5,6)7/h10-12H,13-14H2,1-9H3. The maximum Gasteiger partial charge on any atom is 0.414 e. The number of amides is 1. The van der Waals surface area contributed by atoms with E-state index in [1.54, 1.807) is 48.5 Å². The van der Waals surface area contributed by atoms with Crippen molar-refractivity contribution in [3.63, 3.8) is 0 Å². The van der Waals surface area contributed by atoms with Crippen molar-refractivity contribution in [1.82, 2.24) is 0 Å². The summed E-state index contributed by atoms with van der Waals surface area (Å²) in [5.41, 5.74) is 0.0818.